The Morgan fingerprint density at radius 3 is 2.62 bits per heavy atom. The number of pyridine rings is 1. The summed E-state index contributed by atoms with van der Waals surface area (Å²) in [5, 5.41) is 6.89. The third-order valence-electron chi connectivity index (χ3n) is 6.14. The zero-order chi connectivity index (χ0) is 20.9. The number of carbonyl (C=O) groups is 3. The fourth-order valence-corrected chi connectivity index (χ4v) is 4.26. The number of rotatable bonds is 5. The summed E-state index contributed by atoms with van der Waals surface area (Å²) in [6.45, 7) is 3.13. The van der Waals surface area contributed by atoms with Gasteiger partial charge in [0.1, 0.15) is 0 Å². The number of likely N-dealkylation sites (tertiary alicyclic amines) is 1. The predicted octanol–water partition coefficient (Wildman–Crippen LogP) is 1.06. The highest BCUT2D eigenvalue weighted by molar-refractivity contribution is 5.82. The van der Waals surface area contributed by atoms with E-state index in [2.05, 4.69) is 4.98 Å². The van der Waals surface area contributed by atoms with Gasteiger partial charge in [-0.05, 0) is 42.9 Å². The second-order valence-electron chi connectivity index (χ2n) is 8.29. The van der Waals surface area contributed by atoms with Crippen molar-refractivity contribution < 1.29 is 24.2 Å². The van der Waals surface area contributed by atoms with Crippen molar-refractivity contribution in [1.82, 2.24) is 14.8 Å². The van der Waals surface area contributed by atoms with E-state index >= 15 is 0 Å². The van der Waals surface area contributed by atoms with Gasteiger partial charge in [0.25, 0.3) is 6.47 Å². The molecule has 1 spiro atoms. The van der Waals surface area contributed by atoms with Crippen molar-refractivity contribution >= 4 is 18.3 Å². The lowest BCUT2D eigenvalue weighted by molar-refractivity contribution is -0.173. The summed E-state index contributed by atoms with van der Waals surface area (Å²) < 4.78 is 5.64. The monoisotopic (exact) mass is 403 g/mol. The Morgan fingerprint density at radius 1 is 1.34 bits per heavy atom. The molecule has 1 aliphatic carbocycles. The van der Waals surface area contributed by atoms with Crippen molar-refractivity contribution in [3.05, 3.63) is 30.1 Å². The van der Waals surface area contributed by atoms with Gasteiger partial charge < -0.3 is 19.6 Å². The molecule has 1 unspecified atom stereocenters. The molecule has 0 aromatic carbocycles. The van der Waals surface area contributed by atoms with Crippen LogP contribution in [0.25, 0.3) is 0 Å². The maximum absolute atomic E-state index is 13.0. The molecule has 0 radical (unpaired) electrons. The number of hydrogen-bond acceptors (Lipinski definition) is 5. The van der Waals surface area contributed by atoms with Gasteiger partial charge in [-0.15, -0.1) is 0 Å². The standard InChI is InChI=1S/C20H27N3O3.CH2O2/c1-22(11-16-2-3-16)19(25)17-12-26-9-6-20(17)13-23(14-20)18(24)10-15-4-7-21-8-5-15;2-1-3/h4-5,7-8,16-17H,2-3,6,9-14H2,1H3;1H,(H,2,3). The van der Waals surface area contributed by atoms with Gasteiger partial charge in [-0.3, -0.25) is 19.4 Å². The molecule has 3 fully saturated rings. The first kappa shape index (κ1) is 21.2. The Kier molecular flexibility index (Phi) is 6.84. The molecule has 1 aromatic heterocycles. The van der Waals surface area contributed by atoms with E-state index < -0.39 is 0 Å². The Hall–Kier alpha value is -2.48. The average molecular weight is 403 g/mol. The van der Waals surface area contributed by atoms with Crippen LogP contribution in [0.1, 0.15) is 24.8 Å². The van der Waals surface area contributed by atoms with Crippen LogP contribution < -0.4 is 0 Å². The van der Waals surface area contributed by atoms with Crippen molar-refractivity contribution in [2.75, 3.05) is 39.9 Å². The molecule has 3 aliphatic rings. The highest BCUT2D eigenvalue weighted by Gasteiger charge is 2.54. The molecule has 8 nitrogen and oxygen atoms in total. The molecule has 8 heteroatoms. The molecule has 2 saturated heterocycles. The van der Waals surface area contributed by atoms with Gasteiger partial charge >= 0.3 is 0 Å². The van der Waals surface area contributed by atoms with E-state index in [1.807, 2.05) is 29.0 Å². The van der Waals surface area contributed by atoms with Gasteiger partial charge in [-0.25, -0.2) is 0 Å². The largest absolute Gasteiger partial charge is 0.483 e. The minimum atomic E-state index is -0.250. The third kappa shape index (κ3) is 5.12. The maximum Gasteiger partial charge on any atom is 0.290 e. The van der Waals surface area contributed by atoms with Crippen molar-refractivity contribution in [1.29, 1.82) is 0 Å². The average Bonchev–Trinajstić information content (AvgIpc) is 3.50. The number of amides is 2. The second kappa shape index (κ2) is 9.35. The lowest BCUT2D eigenvalue weighted by Crippen LogP contribution is -2.66. The van der Waals surface area contributed by atoms with E-state index in [0.29, 0.717) is 38.6 Å². The van der Waals surface area contributed by atoms with Gasteiger partial charge in [0.05, 0.1) is 18.9 Å². The summed E-state index contributed by atoms with van der Waals surface area (Å²) in [4.78, 5) is 41.7. The molecule has 29 heavy (non-hydrogen) atoms. The van der Waals surface area contributed by atoms with Crippen LogP contribution in [0.3, 0.4) is 0 Å². The number of hydrogen-bond donors (Lipinski definition) is 1. The summed E-state index contributed by atoms with van der Waals surface area (Å²) in [7, 11) is 1.91. The van der Waals surface area contributed by atoms with Crippen LogP contribution in [-0.2, 0) is 25.5 Å². The normalized spacial score (nSPS) is 22.1. The lowest BCUT2D eigenvalue weighted by atomic mass is 9.65. The molecule has 3 heterocycles. The van der Waals surface area contributed by atoms with Gasteiger partial charge in [0.2, 0.25) is 11.8 Å². The van der Waals surface area contributed by atoms with Crippen LogP contribution in [0.4, 0.5) is 0 Å². The van der Waals surface area contributed by atoms with Gasteiger partial charge in [0.15, 0.2) is 0 Å². The first-order valence-corrected chi connectivity index (χ1v) is 10.1. The number of ether oxygens (including phenoxy) is 1. The van der Waals surface area contributed by atoms with Crippen LogP contribution in [0.5, 0.6) is 0 Å². The summed E-state index contributed by atoms with van der Waals surface area (Å²) in [5.41, 5.74) is 0.885. The summed E-state index contributed by atoms with van der Waals surface area (Å²) in [5.74, 6) is 0.887. The molecule has 2 amide bonds. The van der Waals surface area contributed by atoms with Crippen LogP contribution >= 0.6 is 0 Å². The number of carboxylic acid groups (broad SMARTS) is 1. The molecule has 158 valence electrons. The van der Waals surface area contributed by atoms with Gasteiger partial charge in [-0.1, -0.05) is 0 Å². The van der Waals surface area contributed by atoms with E-state index in [-0.39, 0.29) is 29.6 Å². The predicted molar refractivity (Wildman–Crippen MR) is 105 cm³/mol. The van der Waals surface area contributed by atoms with Crippen molar-refractivity contribution in [3.8, 4) is 0 Å². The third-order valence-corrected chi connectivity index (χ3v) is 6.14. The fourth-order valence-electron chi connectivity index (χ4n) is 4.26. The highest BCUT2D eigenvalue weighted by Crippen LogP contribution is 2.45. The smallest absolute Gasteiger partial charge is 0.290 e. The number of carbonyl (C=O) groups excluding carboxylic acids is 2. The van der Waals surface area contributed by atoms with Crippen molar-refractivity contribution in [2.45, 2.75) is 25.7 Å². The fraction of sp³-hybridized carbons (Fsp3) is 0.619. The van der Waals surface area contributed by atoms with E-state index in [4.69, 9.17) is 14.6 Å². The van der Waals surface area contributed by atoms with Crippen LogP contribution in [0.2, 0.25) is 0 Å². The van der Waals surface area contributed by atoms with E-state index in [9.17, 15) is 9.59 Å². The van der Waals surface area contributed by atoms with Gasteiger partial charge in [-0.2, -0.15) is 0 Å². The number of nitrogens with zero attached hydrogens (tertiary/aromatic N) is 3. The Labute approximate surface area is 170 Å². The molecule has 4 rings (SSSR count). The van der Waals surface area contributed by atoms with Gasteiger partial charge in [0, 0.05) is 51.1 Å². The van der Waals surface area contributed by atoms with E-state index in [1.165, 1.54) is 12.8 Å². The molecule has 1 atom stereocenters. The molecule has 1 aromatic rings. The molecule has 2 aliphatic heterocycles. The Morgan fingerprint density at radius 2 is 2.00 bits per heavy atom. The Balaban J connectivity index is 0.000000755. The topological polar surface area (TPSA) is 100 Å². The molecule has 0 bridgehead atoms. The van der Waals surface area contributed by atoms with E-state index in [1.54, 1.807) is 12.4 Å². The minimum absolute atomic E-state index is 0.0962. The van der Waals surface area contributed by atoms with Crippen LogP contribution in [-0.4, -0.2) is 78.1 Å². The minimum Gasteiger partial charge on any atom is -0.483 e. The first-order chi connectivity index (χ1) is 14.0. The van der Waals surface area contributed by atoms with E-state index in [0.717, 1.165) is 18.5 Å². The van der Waals surface area contributed by atoms with Crippen LogP contribution in [0, 0.1) is 17.3 Å². The Bertz CT molecular complexity index is 716. The molecular formula is C21H29N3O5. The van der Waals surface area contributed by atoms with Crippen molar-refractivity contribution in [2.24, 2.45) is 17.3 Å². The quantitative estimate of drug-likeness (QED) is 0.738. The SMILES string of the molecule is CN(CC1CC1)C(=O)C1COCCC12CN(C(=O)Cc1ccncc1)C2.O=CO. The maximum atomic E-state index is 13.0. The first-order valence-electron chi connectivity index (χ1n) is 10.1. The lowest BCUT2D eigenvalue weighted by Gasteiger charge is -2.56. The summed E-state index contributed by atoms with van der Waals surface area (Å²) in [6, 6.07) is 3.75. The zero-order valence-electron chi connectivity index (χ0n) is 16.8. The second-order valence-corrected chi connectivity index (χ2v) is 8.29. The summed E-state index contributed by atoms with van der Waals surface area (Å²) >= 11 is 0. The van der Waals surface area contributed by atoms with Crippen molar-refractivity contribution in [3.63, 3.8) is 0 Å². The molecular weight excluding hydrogens is 374 g/mol. The van der Waals surface area contributed by atoms with Crippen LogP contribution in [0.15, 0.2) is 24.5 Å². The summed E-state index contributed by atoms with van der Waals surface area (Å²) in [6.07, 6.45) is 7.16. The number of aromatic nitrogens is 1. The zero-order valence-corrected chi connectivity index (χ0v) is 16.8. The molecule has 1 N–H and O–H groups in total. The molecule has 1 saturated carbocycles. The highest BCUT2D eigenvalue weighted by atomic mass is 16.5.